The lowest BCUT2D eigenvalue weighted by Gasteiger charge is -2.20. The number of hydrogen-bond acceptors (Lipinski definition) is 3. The zero-order chi connectivity index (χ0) is 9.31. The molecule has 0 saturated carbocycles. The van der Waals surface area contributed by atoms with Gasteiger partial charge in [-0.2, -0.15) is 0 Å². The number of ether oxygens (including phenoxy) is 1. The van der Waals surface area contributed by atoms with Crippen molar-refractivity contribution in [1.82, 2.24) is 0 Å². The summed E-state index contributed by atoms with van der Waals surface area (Å²) in [7, 11) is 0. The van der Waals surface area contributed by atoms with Crippen LogP contribution in [0.1, 0.15) is 29.4 Å². The fourth-order valence-corrected chi connectivity index (χ4v) is 2.41. The molecule has 0 bridgehead atoms. The second kappa shape index (κ2) is 3.24. The van der Waals surface area contributed by atoms with Crippen LogP contribution in [-0.4, -0.2) is 18.0 Å². The second-order valence-electron chi connectivity index (χ2n) is 3.49. The molecule has 2 nitrogen and oxygen atoms in total. The number of carbonyl (C=O) groups excluding carboxylic acids is 1. The molecule has 0 radical (unpaired) electrons. The SMILES string of the molecule is CC1(C(=O)c2cccs2)CCCO1. The average Bonchev–Trinajstić information content (AvgIpc) is 2.73. The molecule has 1 aromatic rings. The Balaban J connectivity index is 2.21. The molecule has 2 heterocycles. The number of ketones is 1. The number of Topliss-reactive ketones (excluding diaryl/α,β-unsaturated/α-hetero) is 1. The van der Waals surface area contributed by atoms with Gasteiger partial charge in [0.05, 0.1) is 4.88 Å². The van der Waals surface area contributed by atoms with Gasteiger partial charge in [0.25, 0.3) is 0 Å². The Morgan fingerprint density at radius 3 is 3.08 bits per heavy atom. The van der Waals surface area contributed by atoms with Gasteiger partial charge in [-0.25, -0.2) is 0 Å². The fourth-order valence-electron chi connectivity index (χ4n) is 1.63. The average molecular weight is 196 g/mol. The van der Waals surface area contributed by atoms with E-state index in [9.17, 15) is 4.79 Å². The Morgan fingerprint density at radius 2 is 2.54 bits per heavy atom. The van der Waals surface area contributed by atoms with Gasteiger partial charge in [0.1, 0.15) is 5.60 Å². The van der Waals surface area contributed by atoms with E-state index in [0.29, 0.717) is 6.61 Å². The first kappa shape index (κ1) is 8.91. The summed E-state index contributed by atoms with van der Waals surface area (Å²) in [6.45, 7) is 2.61. The molecule has 1 aromatic heterocycles. The van der Waals surface area contributed by atoms with Gasteiger partial charge in [-0.05, 0) is 31.2 Å². The maximum Gasteiger partial charge on any atom is 0.204 e. The van der Waals surface area contributed by atoms with E-state index in [4.69, 9.17) is 4.74 Å². The molecule has 1 aliphatic heterocycles. The number of hydrogen-bond donors (Lipinski definition) is 0. The van der Waals surface area contributed by atoms with Crippen LogP contribution >= 0.6 is 11.3 Å². The predicted molar refractivity (Wildman–Crippen MR) is 52.2 cm³/mol. The van der Waals surface area contributed by atoms with E-state index >= 15 is 0 Å². The maximum absolute atomic E-state index is 11.9. The highest BCUT2D eigenvalue weighted by atomic mass is 32.1. The van der Waals surface area contributed by atoms with Gasteiger partial charge in [0.2, 0.25) is 5.78 Å². The molecule has 13 heavy (non-hydrogen) atoms. The molecule has 1 atom stereocenters. The molecule has 0 aliphatic carbocycles. The largest absolute Gasteiger partial charge is 0.367 e. The van der Waals surface area contributed by atoms with Crippen LogP contribution in [-0.2, 0) is 4.74 Å². The fraction of sp³-hybridized carbons (Fsp3) is 0.500. The van der Waals surface area contributed by atoms with Crippen molar-refractivity contribution in [3.05, 3.63) is 22.4 Å². The monoisotopic (exact) mass is 196 g/mol. The molecule has 1 fully saturated rings. The molecule has 0 amide bonds. The Hall–Kier alpha value is -0.670. The van der Waals surface area contributed by atoms with E-state index in [1.807, 2.05) is 24.4 Å². The van der Waals surface area contributed by atoms with Crippen LogP contribution in [0.15, 0.2) is 17.5 Å². The van der Waals surface area contributed by atoms with Crippen molar-refractivity contribution in [2.24, 2.45) is 0 Å². The van der Waals surface area contributed by atoms with E-state index in [-0.39, 0.29) is 5.78 Å². The lowest BCUT2D eigenvalue weighted by atomic mass is 9.96. The van der Waals surface area contributed by atoms with Crippen LogP contribution in [0, 0.1) is 0 Å². The van der Waals surface area contributed by atoms with E-state index in [0.717, 1.165) is 17.7 Å². The summed E-state index contributed by atoms with van der Waals surface area (Å²) in [6.07, 6.45) is 1.84. The van der Waals surface area contributed by atoms with Crippen LogP contribution < -0.4 is 0 Å². The lowest BCUT2D eigenvalue weighted by molar-refractivity contribution is 0.0217. The molecule has 0 spiro atoms. The van der Waals surface area contributed by atoms with Gasteiger partial charge in [-0.1, -0.05) is 6.07 Å². The Bertz CT molecular complexity index is 297. The van der Waals surface area contributed by atoms with Crippen molar-refractivity contribution in [2.75, 3.05) is 6.61 Å². The number of carbonyl (C=O) groups is 1. The third-order valence-corrected chi connectivity index (χ3v) is 3.31. The molecular formula is C10H12O2S. The molecule has 70 valence electrons. The topological polar surface area (TPSA) is 26.3 Å². The second-order valence-corrected chi connectivity index (χ2v) is 4.44. The van der Waals surface area contributed by atoms with Gasteiger partial charge < -0.3 is 4.74 Å². The maximum atomic E-state index is 11.9. The quantitative estimate of drug-likeness (QED) is 0.679. The summed E-state index contributed by atoms with van der Waals surface area (Å²) < 4.78 is 5.48. The predicted octanol–water partition coefficient (Wildman–Crippen LogP) is 2.50. The first-order valence-corrected chi connectivity index (χ1v) is 5.33. The third-order valence-electron chi connectivity index (χ3n) is 2.44. The highest BCUT2D eigenvalue weighted by molar-refractivity contribution is 7.12. The molecule has 1 saturated heterocycles. The molecule has 1 unspecified atom stereocenters. The van der Waals surface area contributed by atoms with Gasteiger partial charge in [0, 0.05) is 6.61 Å². The molecule has 0 aromatic carbocycles. The van der Waals surface area contributed by atoms with E-state index in [2.05, 4.69) is 0 Å². The van der Waals surface area contributed by atoms with Crippen molar-refractivity contribution >= 4 is 17.1 Å². The van der Waals surface area contributed by atoms with E-state index in [1.165, 1.54) is 11.3 Å². The summed E-state index contributed by atoms with van der Waals surface area (Å²) >= 11 is 1.49. The smallest absolute Gasteiger partial charge is 0.204 e. The number of rotatable bonds is 2. The molecule has 2 rings (SSSR count). The van der Waals surface area contributed by atoms with Crippen molar-refractivity contribution in [2.45, 2.75) is 25.4 Å². The summed E-state index contributed by atoms with van der Waals surface area (Å²) in [5.74, 6) is 0.139. The number of thiophene rings is 1. The lowest BCUT2D eigenvalue weighted by Crippen LogP contribution is -2.33. The van der Waals surface area contributed by atoms with Crippen LogP contribution in [0.25, 0.3) is 0 Å². The van der Waals surface area contributed by atoms with Gasteiger partial charge >= 0.3 is 0 Å². The standard InChI is InChI=1S/C10H12O2S/c1-10(5-3-6-12-10)9(11)8-4-2-7-13-8/h2,4,7H,3,5-6H2,1H3. The summed E-state index contributed by atoms with van der Waals surface area (Å²) in [5.41, 5.74) is -0.551. The van der Waals surface area contributed by atoms with E-state index < -0.39 is 5.60 Å². The first-order valence-electron chi connectivity index (χ1n) is 4.45. The third kappa shape index (κ3) is 1.54. The van der Waals surface area contributed by atoms with Gasteiger partial charge in [0.15, 0.2) is 0 Å². The normalized spacial score (nSPS) is 27.8. The van der Waals surface area contributed by atoms with Crippen LogP contribution in [0.2, 0.25) is 0 Å². The summed E-state index contributed by atoms with van der Waals surface area (Å²) in [6, 6.07) is 3.76. The highest BCUT2D eigenvalue weighted by Crippen LogP contribution is 2.30. The zero-order valence-corrected chi connectivity index (χ0v) is 8.39. The Kier molecular flexibility index (Phi) is 2.22. The van der Waals surface area contributed by atoms with Crippen LogP contribution in [0.5, 0.6) is 0 Å². The van der Waals surface area contributed by atoms with E-state index in [1.54, 1.807) is 0 Å². The van der Waals surface area contributed by atoms with Crippen molar-refractivity contribution in [1.29, 1.82) is 0 Å². The Morgan fingerprint density at radius 1 is 1.69 bits per heavy atom. The van der Waals surface area contributed by atoms with Crippen molar-refractivity contribution in [3.8, 4) is 0 Å². The molecular weight excluding hydrogens is 184 g/mol. The van der Waals surface area contributed by atoms with Crippen LogP contribution in [0.3, 0.4) is 0 Å². The van der Waals surface area contributed by atoms with Gasteiger partial charge in [-0.15, -0.1) is 11.3 Å². The Labute approximate surface area is 81.5 Å². The molecule has 3 heteroatoms. The van der Waals surface area contributed by atoms with Crippen molar-refractivity contribution < 1.29 is 9.53 Å². The first-order chi connectivity index (χ1) is 6.22. The molecule has 1 aliphatic rings. The van der Waals surface area contributed by atoms with Crippen LogP contribution in [0.4, 0.5) is 0 Å². The minimum Gasteiger partial charge on any atom is -0.367 e. The minimum absolute atomic E-state index is 0.139. The molecule has 0 N–H and O–H groups in total. The van der Waals surface area contributed by atoms with Crippen molar-refractivity contribution in [3.63, 3.8) is 0 Å². The summed E-state index contributed by atoms with van der Waals surface area (Å²) in [4.78, 5) is 12.7. The minimum atomic E-state index is -0.551. The van der Waals surface area contributed by atoms with Gasteiger partial charge in [-0.3, -0.25) is 4.79 Å². The zero-order valence-electron chi connectivity index (χ0n) is 7.58. The highest BCUT2D eigenvalue weighted by Gasteiger charge is 2.38. The summed E-state index contributed by atoms with van der Waals surface area (Å²) in [5, 5.41) is 1.92.